The number of benzene rings is 5. The summed E-state index contributed by atoms with van der Waals surface area (Å²) >= 11 is 6.20. The van der Waals surface area contributed by atoms with Gasteiger partial charge in [0.25, 0.3) is 0 Å². The van der Waals surface area contributed by atoms with Gasteiger partial charge in [-0.2, -0.15) is 13.2 Å². The van der Waals surface area contributed by atoms with Gasteiger partial charge >= 0.3 is 6.18 Å². The smallest absolute Gasteiger partial charge is 0.223 e. The lowest BCUT2D eigenvalue weighted by atomic mass is 9.77. The van der Waals surface area contributed by atoms with Crippen LogP contribution in [0.3, 0.4) is 0 Å². The number of fused-ring (bicyclic) bond motifs is 5. The summed E-state index contributed by atoms with van der Waals surface area (Å²) < 4.78 is 69.2. The van der Waals surface area contributed by atoms with E-state index in [0.29, 0.717) is 17.0 Å². The van der Waals surface area contributed by atoms with E-state index in [1.807, 2.05) is 67.6 Å². The van der Waals surface area contributed by atoms with E-state index in [1.54, 1.807) is 6.07 Å². The second kappa shape index (κ2) is 9.39. The first-order valence-corrected chi connectivity index (χ1v) is 14.6. The fourth-order valence-electron chi connectivity index (χ4n) is 6.07. The SMILES string of the molecule is Cc1cc(Cl)ccc1C1Cc2ccc3c(ccc4ccccc43)c2C(S(=O)(=O)c2cccc(C(F)(F)F)c2)C1. The number of hydrogen-bond acceptors (Lipinski definition) is 2. The predicted octanol–water partition coefficient (Wildman–Crippen LogP) is 9.22. The fourth-order valence-corrected chi connectivity index (χ4v) is 8.26. The highest BCUT2D eigenvalue weighted by Crippen LogP contribution is 2.49. The third-order valence-electron chi connectivity index (χ3n) is 7.88. The van der Waals surface area contributed by atoms with Gasteiger partial charge in [-0.25, -0.2) is 8.42 Å². The maximum absolute atomic E-state index is 14.3. The molecule has 198 valence electrons. The summed E-state index contributed by atoms with van der Waals surface area (Å²) in [6.07, 6.45) is -3.78. The molecule has 0 saturated heterocycles. The van der Waals surface area contributed by atoms with Gasteiger partial charge in [-0.1, -0.05) is 72.3 Å². The van der Waals surface area contributed by atoms with E-state index in [4.69, 9.17) is 11.6 Å². The minimum absolute atomic E-state index is 0.141. The first-order chi connectivity index (χ1) is 18.5. The molecule has 2 unspecified atom stereocenters. The molecule has 39 heavy (non-hydrogen) atoms. The van der Waals surface area contributed by atoms with Crippen LogP contribution in [0.15, 0.2) is 95.9 Å². The number of alkyl halides is 3. The molecular formula is C32H24ClF3O2S. The third-order valence-corrected chi connectivity index (χ3v) is 10.2. The van der Waals surface area contributed by atoms with E-state index in [2.05, 4.69) is 0 Å². The second-order valence-corrected chi connectivity index (χ2v) is 12.8. The molecule has 0 N–H and O–H groups in total. The van der Waals surface area contributed by atoms with E-state index in [0.717, 1.165) is 56.4 Å². The van der Waals surface area contributed by atoms with Crippen molar-refractivity contribution in [3.8, 4) is 0 Å². The summed E-state index contributed by atoms with van der Waals surface area (Å²) in [6.45, 7) is 1.94. The minimum atomic E-state index is -4.65. The van der Waals surface area contributed by atoms with Crippen LogP contribution in [-0.4, -0.2) is 8.42 Å². The Labute approximate surface area is 230 Å². The molecule has 0 bridgehead atoms. The monoisotopic (exact) mass is 564 g/mol. The van der Waals surface area contributed by atoms with Gasteiger partial charge < -0.3 is 0 Å². The highest BCUT2D eigenvalue weighted by Gasteiger charge is 2.40. The molecule has 0 heterocycles. The summed E-state index contributed by atoms with van der Waals surface area (Å²) in [6, 6.07) is 25.5. The lowest BCUT2D eigenvalue weighted by molar-refractivity contribution is -0.137. The van der Waals surface area contributed by atoms with E-state index in [9.17, 15) is 21.6 Å². The van der Waals surface area contributed by atoms with Gasteiger partial charge in [0.1, 0.15) is 0 Å². The van der Waals surface area contributed by atoms with Crippen LogP contribution >= 0.6 is 11.6 Å². The zero-order valence-corrected chi connectivity index (χ0v) is 22.5. The van der Waals surface area contributed by atoms with Crippen molar-refractivity contribution >= 4 is 43.0 Å². The predicted molar refractivity (Wildman–Crippen MR) is 150 cm³/mol. The van der Waals surface area contributed by atoms with Gasteiger partial charge in [0.05, 0.1) is 15.7 Å². The summed E-state index contributed by atoms with van der Waals surface area (Å²) in [7, 11) is -4.19. The van der Waals surface area contributed by atoms with Gasteiger partial charge in [-0.15, -0.1) is 0 Å². The number of sulfone groups is 1. The van der Waals surface area contributed by atoms with E-state index in [1.165, 1.54) is 6.07 Å². The number of aryl methyl sites for hydroxylation is 1. The van der Waals surface area contributed by atoms with Crippen LogP contribution in [0.1, 0.15) is 45.4 Å². The van der Waals surface area contributed by atoms with Crippen LogP contribution in [0.4, 0.5) is 13.2 Å². The molecule has 0 amide bonds. The Morgan fingerprint density at radius 1 is 0.821 bits per heavy atom. The van der Waals surface area contributed by atoms with Crippen molar-refractivity contribution in [2.45, 2.75) is 42.0 Å². The van der Waals surface area contributed by atoms with Gasteiger partial charge in [0, 0.05) is 5.02 Å². The normalized spacial score (nSPS) is 17.9. The fraction of sp³-hybridized carbons (Fsp3) is 0.188. The molecule has 0 saturated carbocycles. The quantitative estimate of drug-likeness (QED) is 0.205. The van der Waals surface area contributed by atoms with Crippen molar-refractivity contribution in [3.05, 3.63) is 124 Å². The highest BCUT2D eigenvalue weighted by molar-refractivity contribution is 7.91. The van der Waals surface area contributed by atoms with Crippen molar-refractivity contribution < 1.29 is 21.6 Å². The molecular weight excluding hydrogens is 541 g/mol. The van der Waals surface area contributed by atoms with Crippen molar-refractivity contribution in [2.24, 2.45) is 0 Å². The first-order valence-electron chi connectivity index (χ1n) is 12.6. The summed E-state index contributed by atoms with van der Waals surface area (Å²) in [5.41, 5.74) is 2.54. The Hall–Kier alpha value is -3.35. The van der Waals surface area contributed by atoms with Crippen molar-refractivity contribution in [1.29, 1.82) is 0 Å². The van der Waals surface area contributed by atoms with E-state index < -0.39 is 26.8 Å². The standard InChI is InChI=1S/C32H24ClF3O2S/c1-19-15-24(33)11-14-26(19)22-16-21-10-12-28-27-8-3-2-5-20(27)9-13-29(28)31(21)30(17-22)39(37,38)25-7-4-6-23(18-25)32(34,35)36/h2-15,18,22,30H,16-17H2,1H3. The van der Waals surface area contributed by atoms with E-state index in [-0.39, 0.29) is 17.2 Å². The summed E-state index contributed by atoms with van der Waals surface area (Å²) in [4.78, 5) is -0.320. The van der Waals surface area contributed by atoms with Crippen molar-refractivity contribution in [3.63, 3.8) is 0 Å². The highest BCUT2D eigenvalue weighted by atomic mass is 35.5. The summed E-state index contributed by atoms with van der Waals surface area (Å²) in [5, 5.41) is 3.36. The molecule has 6 rings (SSSR count). The van der Waals surface area contributed by atoms with Crippen molar-refractivity contribution in [2.75, 3.05) is 0 Å². The van der Waals surface area contributed by atoms with Crippen LogP contribution in [0.25, 0.3) is 21.5 Å². The van der Waals surface area contributed by atoms with Crippen LogP contribution in [0.2, 0.25) is 5.02 Å². The molecule has 0 fully saturated rings. The largest absolute Gasteiger partial charge is 0.416 e. The van der Waals surface area contributed by atoms with Crippen LogP contribution in [-0.2, 0) is 22.4 Å². The molecule has 0 radical (unpaired) electrons. The van der Waals surface area contributed by atoms with Gasteiger partial charge in [0.2, 0.25) is 0 Å². The number of halogens is 4. The van der Waals surface area contributed by atoms with Gasteiger partial charge in [-0.3, -0.25) is 0 Å². The lowest BCUT2D eigenvalue weighted by Gasteiger charge is -2.34. The molecule has 5 aromatic rings. The molecule has 5 aromatic carbocycles. The lowest BCUT2D eigenvalue weighted by Crippen LogP contribution is -2.25. The topological polar surface area (TPSA) is 34.1 Å². The maximum atomic E-state index is 14.3. The van der Waals surface area contributed by atoms with Gasteiger partial charge in [-0.05, 0) is 99.8 Å². The molecule has 1 aliphatic carbocycles. The zero-order chi connectivity index (χ0) is 27.5. The number of rotatable bonds is 3. The molecule has 1 aliphatic rings. The van der Waals surface area contributed by atoms with Crippen molar-refractivity contribution in [1.82, 2.24) is 0 Å². The molecule has 7 heteroatoms. The second-order valence-electron chi connectivity index (χ2n) is 10.2. The van der Waals surface area contributed by atoms with Gasteiger partial charge in [0.15, 0.2) is 9.84 Å². The Morgan fingerprint density at radius 3 is 2.36 bits per heavy atom. The average Bonchev–Trinajstić information content (AvgIpc) is 2.91. The first kappa shape index (κ1) is 25.9. The minimum Gasteiger partial charge on any atom is -0.223 e. The average molecular weight is 565 g/mol. The Bertz CT molecular complexity index is 1860. The molecule has 2 nitrogen and oxygen atoms in total. The Kier molecular flexibility index (Phi) is 6.23. The Morgan fingerprint density at radius 2 is 1.59 bits per heavy atom. The van der Waals surface area contributed by atoms with Crippen LogP contribution in [0, 0.1) is 6.92 Å². The van der Waals surface area contributed by atoms with Crippen LogP contribution in [0.5, 0.6) is 0 Å². The van der Waals surface area contributed by atoms with Crippen LogP contribution < -0.4 is 0 Å². The summed E-state index contributed by atoms with van der Waals surface area (Å²) in [5.74, 6) is -0.141. The maximum Gasteiger partial charge on any atom is 0.416 e. The Balaban J connectivity index is 1.59. The molecule has 2 atom stereocenters. The number of hydrogen-bond donors (Lipinski definition) is 0. The zero-order valence-electron chi connectivity index (χ0n) is 21.0. The third kappa shape index (κ3) is 4.50. The molecule has 0 aliphatic heterocycles. The molecule has 0 aromatic heterocycles. The van der Waals surface area contributed by atoms with E-state index >= 15 is 0 Å². The molecule has 0 spiro atoms.